The Morgan fingerprint density at radius 3 is 2.63 bits per heavy atom. The monoisotopic (exact) mass is 376 g/mol. The molecule has 1 aromatic carbocycles. The zero-order chi connectivity index (χ0) is 19.6. The van der Waals surface area contributed by atoms with E-state index in [-0.39, 0.29) is 17.9 Å². The molecule has 9 nitrogen and oxygen atoms in total. The summed E-state index contributed by atoms with van der Waals surface area (Å²) in [6.07, 6.45) is 1.33. The average Bonchev–Trinajstić information content (AvgIpc) is 3.23. The van der Waals surface area contributed by atoms with Crippen LogP contribution in [0.5, 0.6) is 5.75 Å². The normalized spacial score (nSPS) is 10.1. The lowest BCUT2D eigenvalue weighted by atomic mass is 10.1. The number of hydrogen-bond donors (Lipinski definition) is 2. The van der Waals surface area contributed by atoms with Gasteiger partial charge >= 0.3 is 11.9 Å². The van der Waals surface area contributed by atoms with E-state index in [9.17, 15) is 14.4 Å². The third kappa shape index (κ3) is 5.86. The SMILES string of the molecule is CCOCc1cc(C(=O)OCC(=O)NNC(=O)c2ccco2)ccc1OC. The van der Waals surface area contributed by atoms with E-state index in [1.165, 1.54) is 31.6 Å². The molecule has 0 unspecified atom stereocenters. The minimum Gasteiger partial charge on any atom is -0.496 e. The molecule has 0 bridgehead atoms. The van der Waals surface area contributed by atoms with Gasteiger partial charge in [-0.1, -0.05) is 0 Å². The van der Waals surface area contributed by atoms with Crippen molar-refractivity contribution in [2.75, 3.05) is 20.3 Å². The topological polar surface area (TPSA) is 116 Å². The van der Waals surface area contributed by atoms with E-state index >= 15 is 0 Å². The van der Waals surface area contributed by atoms with Crippen molar-refractivity contribution >= 4 is 17.8 Å². The summed E-state index contributed by atoms with van der Waals surface area (Å²) in [5, 5.41) is 0. The number of carbonyl (C=O) groups excluding carboxylic acids is 3. The molecule has 9 heteroatoms. The number of nitrogens with one attached hydrogen (secondary N) is 2. The fourth-order valence-corrected chi connectivity index (χ4v) is 2.08. The minimum atomic E-state index is -0.702. The van der Waals surface area contributed by atoms with Gasteiger partial charge in [-0.2, -0.15) is 0 Å². The zero-order valence-electron chi connectivity index (χ0n) is 14.9. The number of hydrogen-bond acceptors (Lipinski definition) is 7. The lowest BCUT2D eigenvalue weighted by Crippen LogP contribution is -2.43. The number of methoxy groups -OCH3 is 1. The van der Waals surface area contributed by atoms with Gasteiger partial charge in [-0.15, -0.1) is 0 Å². The molecule has 2 rings (SSSR count). The Bertz CT molecular complexity index is 787. The first-order valence-corrected chi connectivity index (χ1v) is 8.09. The van der Waals surface area contributed by atoms with Gasteiger partial charge in [-0.05, 0) is 37.3 Å². The van der Waals surface area contributed by atoms with E-state index < -0.39 is 24.4 Å². The Labute approximate surface area is 155 Å². The van der Waals surface area contributed by atoms with Crippen molar-refractivity contribution in [1.82, 2.24) is 10.9 Å². The van der Waals surface area contributed by atoms with E-state index in [1.54, 1.807) is 12.1 Å². The highest BCUT2D eigenvalue weighted by Crippen LogP contribution is 2.21. The Morgan fingerprint density at radius 1 is 1.15 bits per heavy atom. The number of rotatable bonds is 8. The van der Waals surface area contributed by atoms with Crippen molar-refractivity contribution in [3.05, 3.63) is 53.5 Å². The Kier molecular flexibility index (Phi) is 7.38. The van der Waals surface area contributed by atoms with Gasteiger partial charge in [0, 0.05) is 12.2 Å². The van der Waals surface area contributed by atoms with Crippen LogP contribution in [0, 0.1) is 0 Å². The van der Waals surface area contributed by atoms with E-state index in [2.05, 4.69) is 10.9 Å². The van der Waals surface area contributed by atoms with Gasteiger partial charge in [0.05, 0.1) is 25.5 Å². The molecule has 2 N–H and O–H groups in total. The number of amides is 2. The van der Waals surface area contributed by atoms with Crippen molar-refractivity contribution in [2.45, 2.75) is 13.5 Å². The molecule has 1 aromatic heterocycles. The largest absolute Gasteiger partial charge is 0.496 e. The highest BCUT2D eigenvalue weighted by Gasteiger charge is 2.14. The maximum Gasteiger partial charge on any atom is 0.338 e. The van der Waals surface area contributed by atoms with Crippen molar-refractivity contribution < 1.29 is 33.0 Å². The summed E-state index contributed by atoms with van der Waals surface area (Å²) in [6, 6.07) is 7.69. The van der Waals surface area contributed by atoms with Crippen molar-refractivity contribution in [3.63, 3.8) is 0 Å². The number of esters is 1. The Morgan fingerprint density at radius 2 is 1.96 bits per heavy atom. The van der Waals surface area contributed by atoms with Crippen LogP contribution in [-0.2, 0) is 20.9 Å². The molecular formula is C18H20N2O7. The van der Waals surface area contributed by atoms with Crippen LogP contribution in [0.2, 0.25) is 0 Å². The highest BCUT2D eigenvalue weighted by atomic mass is 16.5. The number of carbonyl (C=O) groups is 3. The summed E-state index contributed by atoms with van der Waals surface area (Å²) in [4.78, 5) is 35.4. The van der Waals surface area contributed by atoms with Gasteiger partial charge in [-0.3, -0.25) is 20.4 Å². The van der Waals surface area contributed by atoms with Crippen molar-refractivity contribution in [1.29, 1.82) is 0 Å². The second-order valence-electron chi connectivity index (χ2n) is 5.22. The molecule has 0 fully saturated rings. The minimum absolute atomic E-state index is 0.0346. The summed E-state index contributed by atoms with van der Waals surface area (Å²) < 4.78 is 20.4. The van der Waals surface area contributed by atoms with Gasteiger partial charge in [0.2, 0.25) is 0 Å². The molecule has 0 saturated carbocycles. The van der Waals surface area contributed by atoms with Crippen LogP contribution in [0.1, 0.15) is 33.4 Å². The number of furan rings is 1. The molecular weight excluding hydrogens is 356 g/mol. The molecule has 0 saturated heterocycles. The summed E-state index contributed by atoms with van der Waals surface area (Å²) in [5.41, 5.74) is 5.19. The third-order valence-corrected chi connectivity index (χ3v) is 3.37. The van der Waals surface area contributed by atoms with Crippen molar-refractivity contribution in [3.8, 4) is 5.75 Å². The van der Waals surface area contributed by atoms with Crippen LogP contribution in [0.4, 0.5) is 0 Å². The van der Waals surface area contributed by atoms with Crippen LogP contribution < -0.4 is 15.6 Å². The van der Waals surface area contributed by atoms with Crippen LogP contribution in [0.25, 0.3) is 0 Å². The van der Waals surface area contributed by atoms with Gasteiger partial charge in [-0.25, -0.2) is 4.79 Å². The predicted molar refractivity (Wildman–Crippen MR) is 92.9 cm³/mol. The van der Waals surface area contributed by atoms with E-state index in [4.69, 9.17) is 18.6 Å². The number of ether oxygens (including phenoxy) is 3. The summed E-state index contributed by atoms with van der Waals surface area (Å²) in [7, 11) is 1.52. The van der Waals surface area contributed by atoms with Crippen LogP contribution in [0.3, 0.4) is 0 Å². The third-order valence-electron chi connectivity index (χ3n) is 3.37. The van der Waals surface area contributed by atoms with Crippen molar-refractivity contribution in [2.24, 2.45) is 0 Å². The molecule has 1 heterocycles. The quantitative estimate of drug-likeness (QED) is 0.529. The maximum atomic E-state index is 12.1. The standard InChI is InChI=1S/C18H20N2O7/c1-3-25-10-13-9-12(6-7-14(13)24-2)18(23)27-11-16(21)19-20-17(22)15-5-4-8-26-15/h4-9H,3,10-11H2,1-2H3,(H,19,21)(H,20,22). The Balaban J connectivity index is 1.85. The first-order valence-electron chi connectivity index (χ1n) is 8.09. The zero-order valence-corrected chi connectivity index (χ0v) is 14.9. The molecule has 2 aromatic rings. The first-order chi connectivity index (χ1) is 13.0. The lowest BCUT2D eigenvalue weighted by Gasteiger charge is -2.11. The second-order valence-corrected chi connectivity index (χ2v) is 5.22. The van der Waals surface area contributed by atoms with E-state index in [0.717, 1.165) is 0 Å². The fraction of sp³-hybridized carbons (Fsp3) is 0.278. The second kappa shape index (κ2) is 9.97. The molecule has 0 aliphatic heterocycles. The maximum absolute atomic E-state index is 12.1. The summed E-state index contributed by atoms with van der Waals surface area (Å²) in [6.45, 7) is 2.08. The fourth-order valence-electron chi connectivity index (χ4n) is 2.08. The van der Waals surface area contributed by atoms with Gasteiger partial charge < -0.3 is 18.6 Å². The summed E-state index contributed by atoms with van der Waals surface area (Å²) >= 11 is 0. The molecule has 0 spiro atoms. The molecule has 0 aliphatic carbocycles. The smallest absolute Gasteiger partial charge is 0.338 e. The first kappa shape index (κ1) is 20.0. The average molecular weight is 376 g/mol. The lowest BCUT2D eigenvalue weighted by molar-refractivity contribution is -0.125. The highest BCUT2D eigenvalue weighted by molar-refractivity contribution is 5.94. The van der Waals surface area contributed by atoms with Gasteiger partial charge in [0.15, 0.2) is 12.4 Å². The molecule has 144 valence electrons. The van der Waals surface area contributed by atoms with Crippen LogP contribution in [0.15, 0.2) is 41.0 Å². The predicted octanol–water partition coefficient (Wildman–Crippen LogP) is 1.44. The van der Waals surface area contributed by atoms with E-state index in [1.807, 2.05) is 6.92 Å². The number of benzene rings is 1. The number of hydrazine groups is 1. The van der Waals surface area contributed by atoms with E-state index in [0.29, 0.717) is 17.9 Å². The van der Waals surface area contributed by atoms with Gasteiger partial charge in [0.1, 0.15) is 5.75 Å². The molecule has 2 amide bonds. The van der Waals surface area contributed by atoms with Gasteiger partial charge in [0.25, 0.3) is 5.91 Å². The molecule has 0 radical (unpaired) electrons. The molecule has 27 heavy (non-hydrogen) atoms. The van der Waals surface area contributed by atoms with Crippen LogP contribution in [-0.4, -0.2) is 38.1 Å². The molecule has 0 aliphatic rings. The summed E-state index contributed by atoms with van der Waals surface area (Å²) in [5.74, 6) is -1.41. The van der Waals surface area contributed by atoms with Crippen LogP contribution >= 0.6 is 0 Å². The molecule has 0 atom stereocenters. The Hall–Kier alpha value is -3.33.